The van der Waals surface area contributed by atoms with Gasteiger partial charge in [0.1, 0.15) is 0 Å². The molecule has 0 bridgehead atoms. The zero-order valence-corrected chi connectivity index (χ0v) is 11.0. The first kappa shape index (κ1) is 13.7. The first-order valence-corrected chi connectivity index (χ1v) is 6.39. The molecule has 0 unspecified atom stereocenters. The zero-order valence-electron chi connectivity index (χ0n) is 11.0. The summed E-state index contributed by atoms with van der Waals surface area (Å²) < 4.78 is 5.06. The van der Waals surface area contributed by atoms with Crippen LogP contribution in [0.5, 0.6) is 11.5 Å². The molecule has 1 fully saturated rings. The highest BCUT2D eigenvalue weighted by Crippen LogP contribution is 2.33. The highest BCUT2D eigenvalue weighted by atomic mass is 16.5. The maximum absolute atomic E-state index is 10.9. The Labute approximate surface area is 112 Å². The standard InChI is InChI=1S/C14H19NO4/c1-19-12-4-2-3-11(14(12)18)8-15(9-13(16)17)7-10-5-6-10/h2-4,10,18H,5-9H2,1H3,(H,16,17). The average Bonchev–Trinajstić information content (AvgIpc) is 3.15. The molecule has 2 rings (SSSR count). The summed E-state index contributed by atoms with van der Waals surface area (Å²) in [4.78, 5) is 12.7. The number of benzene rings is 1. The van der Waals surface area contributed by atoms with Crippen molar-refractivity contribution < 1.29 is 19.7 Å². The third-order valence-electron chi connectivity index (χ3n) is 3.27. The lowest BCUT2D eigenvalue weighted by molar-refractivity contribution is -0.138. The van der Waals surface area contributed by atoms with Gasteiger partial charge < -0.3 is 14.9 Å². The lowest BCUT2D eigenvalue weighted by Crippen LogP contribution is -2.31. The molecule has 0 spiro atoms. The van der Waals surface area contributed by atoms with Crippen LogP contribution in [0, 0.1) is 5.92 Å². The van der Waals surface area contributed by atoms with Crippen LogP contribution in [-0.2, 0) is 11.3 Å². The molecule has 0 aromatic heterocycles. The molecule has 5 nitrogen and oxygen atoms in total. The average molecular weight is 265 g/mol. The first-order chi connectivity index (χ1) is 9.10. The summed E-state index contributed by atoms with van der Waals surface area (Å²) in [6.07, 6.45) is 2.33. The molecule has 1 aromatic carbocycles. The van der Waals surface area contributed by atoms with Crippen molar-refractivity contribution >= 4 is 5.97 Å². The number of phenolic OH excluding ortho intramolecular Hbond substituents is 1. The van der Waals surface area contributed by atoms with Crippen molar-refractivity contribution in [2.24, 2.45) is 5.92 Å². The summed E-state index contributed by atoms with van der Waals surface area (Å²) in [6, 6.07) is 5.27. The minimum absolute atomic E-state index is 0.00680. The summed E-state index contributed by atoms with van der Waals surface area (Å²) in [5, 5.41) is 19.0. The van der Waals surface area contributed by atoms with Crippen LogP contribution in [-0.4, -0.2) is 41.3 Å². The second-order valence-corrected chi connectivity index (χ2v) is 4.97. The van der Waals surface area contributed by atoms with E-state index in [0.717, 1.165) is 6.54 Å². The molecule has 104 valence electrons. The van der Waals surface area contributed by atoms with Gasteiger partial charge in [-0.15, -0.1) is 0 Å². The Balaban J connectivity index is 2.08. The van der Waals surface area contributed by atoms with E-state index in [1.807, 2.05) is 4.90 Å². The number of aromatic hydroxyl groups is 1. The van der Waals surface area contributed by atoms with Crippen molar-refractivity contribution in [3.05, 3.63) is 23.8 Å². The number of nitrogens with zero attached hydrogens (tertiary/aromatic N) is 1. The minimum atomic E-state index is -0.844. The van der Waals surface area contributed by atoms with E-state index in [-0.39, 0.29) is 12.3 Å². The van der Waals surface area contributed by atoms with Gasteiger partial charge in [-0.3, -0.25) is 9.69 Å². The molecule has 0 aliphatic heterocycles. The molecule has 0 heterocycles. The molecule has 1 aromatic rings. The SMILES string of the molecule is COc1cccc(CN(CC(=O)O)CC2CC2)c1O. The van der Waals surface area contributed by atoms with Crippen LogP contribution >= 0.6 is 0 Å². The molecule has 0 saturated heterocycles. The molecular formula is C14H19NO4. The van der Waals surface area contributed by atoms with Crippen LogP contribution in [0.3, 0.4) is 0 Å². The van der Waals surface area contributed by atoms with Gasteiger partial charge in [0.25, 0.3) is 0 Å². The van der Waals surface area contributed by atoms with E-state index < -0.39 is 5.97 Å². The second-order valence-electron chi connectivity index (χ2n) is 4.97. The Morgan fingerprint density at radius 2 is 2.21 bits per heavy atom. The van der Waals surface area contributed by atoms with Gasteiger partial charge in [0.15, 0.2) is 11.5 Å². The van der Waals surface area contributed by atoms with Gasteiger partial charge in [0, 0.05) is 18.7 Å². The predicted octanol–water partition coefficient (Wildman–Crippen LogP) is 1.70. The third-order valence-corrected chi connectivity index (χ3v) is 3.27. The molecule has 0 atom stereocenters. The Morgan fingerprint density at radius 1 is 1.47 bits per heavy atom. The number of hydrogen-bond acceptors (Lipinski definition) is 4. The number of aliphatic carboxylic acids is 1. The summed E-state index contributed by atoms with van der Waals surface area (Å²) >= 11 is 0. The van der Waals surface area contributed by atoms with Crippen molar-refractivity contribution in [1.82, 2.24) is 4.90 Å². The van der Waals surface area contributed by atoms with Crippen LogP contribution in [0.15, 0.2) is 18.2 Å². The molecule has 1 saturated carbocycles. The molecule has 2 N–H and O–H groups in total. The number of carbonyl (C=O) groups is 1. The number of carboxylic acid groups (broad SMARTS) is 1. The maximum Gasteiger partial charge on any atom is 0.317 e. The van der Waals surface area contributed by atoms with Crippen molar-refractivity contribution in [1.29, 1.82) is 0 Å². The van der Waals surface area contributed by atoms with Gasteiger partial charge in [0.05, 0.1) is 13.7 Å². The number of carboxylic acids is 1. The smallest absolute Gasteiger partial charge is 0.317 e. The fourth-order valence-corrected chi connectivity index (χ4v) is 2.14. The Morgan fingerprint density at radius 3 is 2.79 bits per heavy atom. The highest BCUT2D eigenvalue weighted by Gasteiger charge is 2.25. The molecule has 1 aliphatic carbocycles. The van der Waals surface area contributed by atoms with E-state index in [1.54, 1.807) is 18.2 Å². The van der Waals surface area contributed by atoms with Crippen LogP contribution in [0.4, 0.5) is 0 Å². The molecular weight excluding hydrogens is 246 g/mol. The summed E-state index contributed by atoms with van der Waals surface area (Å²) in [7, 11) is 1.50. The summed E-state index contributed by atoms with van der Waals surface area (Å²) in [6.45, 7) is 1.18. The Kier molecular flexibility index (Phi) is 4.27. The molecule has 0 amide bonds. The van der Waals surface area contributed by atoms with Gasteiger partial charge in [-0.2, -0.15) is 0 Å². The molecule has 0 radical (unpaired) electrons. The van der Waals surface area contributed by atoms with Crippen LogP contribution < -0.4 is 4.74 Å². The van der Waals surface area contributed by atoms with E-state index >= 15 is 0 Å². The molecule has 5 heteroatoms. The Hall–Kier alpha value is -1.75. The lowest BCUT2D eigenvalue weighted by atomic mass is 10.1. The molecule has 1 aliphatic rings. The van der Waals surface area contributed by atoms with Gasteiger partial charge in [-0.25, -0.2) is 0 Å². The quantitative estimate of drug-likeness (QED) is 0.785. The van der Waals surface area contributed by atoms with E-state index in [9.17, 15) is 9.90 Å². The van der Waals surface area contributed by atoms with Crippen LogP contribution in [0.1, 0.15) is 18.4 Å². The predicted molar refractivity (Wildman–Crippen MR) is 70.3 cm³/mol. The number of methoxy groups -OCH3 is 1. The second kappa shape index (κ2) is 5.93. The monoisotopic (exact) mass is 265 g/mol. The Bertz CT molecular complexity index is 457. The van der Waals surface area contributed by atoms with E-state index in [1.165, 1.54) is 20.0 Å². The highest BCUT2D eigenvalue weighted by molar-refractivity contribution is 5.69. The van der Waals surface area contributed by atoms with Crippen molar-refractivity contribution in [3.63, 3.8) is 0 Å². The summed E-state index contributed by atoms with van der Waals surface area (Å²) in [5.41, 5.74) is 0.696. The number of ether oxygens (including phenoxy) is 1. The van der Waals surface area contributed by atoms with Crippen molar-refractivity contribution in [2.75, 3.05) is 20.2 Å². The normalized spacial score (nSPS) is 14.6. The fraction of sp³-hybridized carbons (Fsp3) is 0.500. The lowest BCUT2D eigenvalue weighted by Gasteiger charge is -2.21. The van der Waals surface area contributed by atoms with Gasteiger partial charge in [0.2, 0.25) is 0 Å². The topological polar surface area (TPSA) is 70.0 Å². The van der Waals surface area contributed by atoms with Crippen molar-refractivity contribution in [2.45, 2.75) is 19.4 Å². The largest absolute Gasteiger partial charge is 0.504 e. The number of phenols is 1. The summed E-state index contributed by atoms with van der Waals surface area (Å²) in [5.74, 6) is 0.269. The van der Waals surface area contributed by atoms with Crippen molar-refractivity contribution in [3.8, 4) is 11.5 Å². The van der Waals surface area contributed by atoms with E-state index in [2.05, 4.69) is 0 Å². The van der Waals surface area contributed by atoms with Crippen LogP contribution in [0.25, 0.3) is 0 Å². The van der Waals surface area contributed by atoms with Crippen LogP contribution in [0.2, 0.25) is 0 Å². The van der Waals surface area contributed by atoms with E-state index in [0.29, 0.717) is 23.8 Å². The first-order valence-electron chi connectivity index (χ1n) is 6.39. The fourth-order valence-electron chi connectivity index (χ4n) is 2.14. The molecule has 19 heavy (non-hydrogen) atoms. The van der Waals surface area contributed by atoms with Gasteiger partial charge in [-0.05, 0) is 24.8 Å². The number of hydrogen-bond donors (Lipinski definition) is 2. The number of rotatable bonds is 7. The van der Waals surface area contributed by atoms with Gasteiger partial charge in [-0.1, -0.05) is 12.1 Å². The maximum atomic E-state index is 10.9. The minimum Gasteiger partial charge on any atom is -0.504 e. The van der Waals surface area contributed by atoms with E-state index in [4.69, 9.17) is 9.84 Å². The van der Waals surface area contributed by atoms with Gasteiger partial charge >= 0.3 is 5.97 Å². The zero-order chi connectivity index (χ0) is 13.8. The number of para-hydroxylation sites is 1. The third kappa shape index (κ3) is 3.86.